The first kappa shape index (κ1) is 15.1. The van der Waals surface area contributed by atoms with Crippen LogP contribution in [-0.4, -0.2) is 11.2 Å². The molecule has 0 aromatic carbocycles. The summed E-state index contributed by atoms with van der Waals surface area (Å²) in [6.07, 6.45) is 6.94. The molecule has 1 aliphatic rings. The van der Waals surface area contributed by atoms with E-state index in [1.807, 2.05) is 18.3 Å². The van der Waals surface area contributed by atoms with Crippen molar-refractivity contribution in [3.8, 4) is 6.07 Å². The number of aromatic amines is 1. The minimum absolute atomic E-state index is 0.322. The number of thiophene rings is 1. The van der Waals surface area contributed by atoms with Crippen LogP contribution in [0.4, 0.5) is 5.00 Å². The maximum Gasteiger partial charge on any atom is 0.134 e. The Kier molecular flexibility index (Phi) is 3.92. The molecule has 2 heterocycles. The van der Waals surface area contributed by atoms with E-state index < -0.39 is 0 Å². The van der Waals surface area contributed by atoms with Gasteiger partial charge in [0.25, 0.3) is 0 Å². The molecular weight excluding hydrogens is 290 g/mol. The largest absolute Gasteiger partial charge is 0.360 e. The minimum atomic E-state index is 0.322. The van der Waals surface area contributed by atoms with Gasteiger partial charge in [0, 0.05) is 11.1 Å². The summed E-state index contributed by atoms with van der Waals surface area (Å²) in [5.41, 5.74) is 3.31. The van der Waals surface area contributed by atoms with Crippen molar-refractivity contribution < 1.29 is 0 Å². The number of nitrogens with one attached hydrogen (secondary N) is 1. The Balaban J connectivity index is 1.91. The number of nitriles is 1. The molecule has 2 aromatic heterocycles. The van der Waals surface area contributed by atoms with Gasteiger partial charge in [0.05, 0.1) is 17.5 Å². The van der Waals surface area contributed by atoms with E-state index in [1.54, 1.807) is 17.6 Å². The number of rotatable bonds is 2. The van der Waals surface area contributed by atoms with Gasteiger partial charge in [-0.25, -0.2) is 4.99 Å². The van der Waals surface area contributed by atoms with Crippen molar-refractivity contribution >= 4 is 22.6 Å². The van der Waals surface area contributed by atoms with Gasteiger partial charge in [-0.15, -0.1) is 11.3 Å². The Hall–Kier alpha value is -1.86. The maximum absolute atomic E-state index is 9.52. The van der Waals surface area contributed by atoms with E-state index in [4.69, 9.17) is 0 Å². The van der Waals surface area contributed by atoms with Crippen LogP contribution in [0, 0.1) is 22.7 Å². The second-order valence-corrected chi connectivity index (χ2v) is 8.07. The molecule has 3 nitrogen and oxygen atoms in total. The third-order valence-electron chi connectivity index (χ3n) is 4.53. The molecule has 114 valence electrons. The van der Waals surface area contributed by atoms with E-state index in [0.717, 1.165) is 29.1 Å². The summed E-state index contributed by atoms with van der Waals surface area (Å²) in [4.78, 5) is 9.02. The zero-order chi connectivity index (χ0) is 15.7. The van der Waals surface area contributed by atoms with Crippen molar-refractivity contribution in [1.82, 2.24) is 4.98 Å². The summed E-state index contributed by atoms with van der Waals surface area (Å²) in [6, 6.07) is 6.29. The molecule has 1 N–H and O–H groups in total. The van der Waals surface area contributed by atoms with Crippen LogP contribution in [0.25, 0.3) is 0 Å². The second kappa shape index (κ2) is 5.73. The summed E-state index contributed by atoms with van der Waals surface area (Å²) in [5, 5.41) is 10.4. The Morgan fingerprint density at radius 2 is 2.27 bits per heavy atom. The molecule has 0 aliphatic heterocycles. The van der Waals surface area contributed by atoms with Crippen molar-refractivity contribution in [3.63, 3.8) is 0 Å². The Labute approximate surface area is 135 Å². The zero-order valence-corrected chi connectivity index (χ0v) is 14.1. The van der Waals surface area contributed by atoms with E-state index in [9.17, 15) is 5.26 Å². The van der Waals surface area contributed by atoms with Crippen LogP contribution >= 0.6 is 11.3 Å². The van der Waals surface area contributed by atoms with Crippen molar-refractivity contribution in [2.45, 2.75) is 40.0 Å². The molecule has 0 unspecified atom stereocenters. The zero-order valence-electron chi connectivity index (χ0n) is 13.3. The Morgan fingerprint density at radius 1 is 1.45 bits per heavy atom. The van der Waals surface area contributed by atoms with Crippen LogP contribution in [0.3, 0.4) is 0 Å². The first-order valence-electron chi connectivity index (χ1n) is 7.71. The number of hydrogen-bond donors (Lipinski definition) is 1. The second-order valence-electron chi connectivity index (χ2n) is 6.99. The molecule has 0 spiro atoms. The highest BCUT2D eigenvalue weighted by atomic mass is 32.1. The van der Waals surface area contributed by atoms with E-state index in [0.29, 0.717) is 11.3 Å². The third kappa shape index (κ3) is 2.86. The van der Waals surface area contributed by atoms with Crippen molar-refractivity contribution in [3.05, 3.63) is 40.0 Å². The van der Waals surface area contributed by atoms with Crippen molar-refractivity contribution in [1.29, 1.82) is 5.26 Å². The van der Waals surface area contributed by atoms with Crippen molar-refractivity contribution in [2.24, 2.45) is 16.3 Å². The molecule has 2 aromatic rings. The molecule has 1 aliphatic carbocycles. The number of nitrogens with zero attached hydrogens (tertiary/aromatic N) is 2. The van der Waals surface area contributed by atoms with Crippen molar-refractivity contribution in [2.75, 3.05) is 0 Å². The normalized spacial score (nSPS) is 18.4. The maximum atomic E-state index is 9.52. The smallest absolute Gasteiger partial charge is 0.134 e. The average molecular weight is 311 g/mol. The molecule has 0 radical (unpaired) electrons. The number of aliphatic imine (C=N–C) groups is 1. The monoisotopic (exact) mass is 311 g/mol. The first-order chi connectivity index (χ1) is 10.5. The van der Waals surface area contributed by atoms with Gasteiger partial charge in [0.2, 0.25) is 0 Å². The Morgan fingerprint density at radius 3 is 2.91 bits per heavy atom. The molecule has 0 saturated heterocycles. The molecule has 3 rings (SSSR count). The summed E-state index contributed by atoms with van der Waals surface area (Å²) in [6.45, 7) is 6.93. The van der Waals surface area contributed by atoms with Crippen LogP contribution < -0.4 is 0 Å². The summed E-state index contributed by atoms with van der Waals surface area (Å²) in [5.74, 6) is 0.686. The summed E-state index contributed by atoms with van der Waals surface area (Å²) in [7, 11) is 0. The lowest BCUT2D eigenvalue weighted by molar-refractivity contribution is 0.218. The van der Waals surface area contributed by atoms with Crippen LogP contribution in [0.1, 0.15) is 48.9 Å². The molecule has 0 fully saturated rings. The van der Waals surface area contributed by atoms with Gasteiger partial charge in [-0.3, -0.25) is 0 Å². The molecular formula is C18H21N3S. The van der Waals surface area contributed by atoms with Gasteiger partial charge in [0.15, 0.2) is 0 Å². The summed E-state index contributed by atoms with van der Waals surface area (Å²) < 4.78 is 0. The molecule has 0 saturated carbocycles. The summed E-state index contributed by atoms with van der Waals surface area (Å²) >= 11 is 1.69. The average Bonchev–Trinajstić information content (AvgIpc) is 3.10. The van der Waals surface area contributed by atoms with Gasteiger partial charge in [-0.05, 0) is 48.3 Å². The fourth-order valence-electron chi connectivity index (χ4n) is 3.07. The highest BCUT2D eigenvalue weighted by molar-refractivity contribution is 7.16. The molecule has 1 atom stereocenters. The van der Waals surface area contributed by atoms with Gasteiger partial charge in [-0.2, -0.15) is 5.26 Å². The number of H-pyrrole nitrogens is 1. The van der Waals surface area contributed by atoms with Gasteiger partial charge >= 0.3 is 0 Å². The first-order valence-corrected chi connectivity index (χ1v) is 8.53. The molecule has 0 bridgehead atoms. The standard InChI is InChI=1S/C18H21N3S/c1-18(2,3)12-6-7-14-15(10-19)17(22-16(14)9-12)21-11-13-5-4-8-20-13/h4-5,8,11-12,20H,6-7,9H2,1-3H3/t12-/m0/s1. The van der Waals surface area contributed by atoms with E-state index in [-0.39, 0.29) is 0 Å². The third-order valence-corrected chi connectivity index (χ3v) is 5.69. The lowest BCUT2D eigenvalue weighted by Crippen LogP contribution is -2.26. The van der Waals surface area contributed by atoms with Crippen LogP contribution in [0.5, 0.6) is 0 Å². The lowest BCUT2D eigenvalue weighted by atomic mass is 9.72. The fraction of sp³-hybridized carbons (Fsp3) is 0.444. The lowest BCUT2D eigenvalue weighted by Gasteiger charge is -2.33. The number of aromatic nitrogens is 1. The predicted octanol–water partition coefficient (Wildman–Crippen LogP) is 4.85. The van der Waals surface area contributed by atoms with Crippen LogP contribution in [-0.2, 0) is 12.8 Å². The molecule has 4 heteroatoms. The SMILES string of the molecule is CC(C)(C)[C@H]1CCc2c(sc(N=Cc3ccc[nH]3)c2C#N)C1. The van der Waals surface area contributed by atoms with Gasteiger partial charge in [-0.1, -0.05) is 20.8 Å². The van der Waals surface area contributed by atoms with Gasteiger partial charge in [0.1, 0.15) is 11.1 Å². The minimum Gasteiger partial charge on any atom is -0.360 e. The molecule has 22 heavy (non-hydrogen) atoms. The van der Waals surface area contributed by atoms with E-state index in [2.05, 4.69) is 36.8 Å². The van der Waals surface area contributed by atoms with Gasteiger partial charge < -0.3 is 4.98 Å². The number of hydrogen-bond acceptors (Lipinski definition) is 3. The van der Waals surface area contributed by atoms with E-state index in [1.165, 1.54) is 16.9 Å². The highest BCUT2D eigenvalue weighted by Gasteiger charge is 2.32. The van der Waals surface area contributed by atoms with E-state index >= 15 is 0 Å². The fourth-order valence-corrected chi connectivity index (χ4v) is 4.29. The predicted molar refractivity (Wildman–Crippen MR) is 92.1 cm³/mol. The van der Waals surface area contributed by atoms with Crippen LogP contribution in [0.2, 0.25) is 0 Å². The number of fused-ring (bicyclic) bond motifs is 1. The highest BCUT2D eigenvalue weighted by Crippen LogP contribution is 2.44. The topological polar surface area (TPSA) is 51.9 Å². The Bertz CT molecular complexity index is 724. The molecule has 0 amide bonds. The van der Waals surface area contributed by atoms with Crippen LogP contribution in [0.15, 0.2) is 23.3 Å². The quantitative estimate of drug-likeness (QED) is 0.792.